The van der Waals surface area contributed by atoms with Crippen LogP contribution in [0.4, 0.5) is 0 Å². The van der Waals surface area contributed by atoms with E-state index in [9.17, 15) is 14.9 Å². The molecule has 0 unspecified atom stereocenters. The molecule has 0 aliphatic heterocycles. The molecule has 0 aliphatic rings. The van der Waals surface area contributed by atoms with Crippen molar-refractivity contribution in [1.82, 2.24) is 4.98 Å². The van der Waals surface area contributed by atoms with E-state index in [0.29, 0.717) is 22.9 Å². The van der Waals surface area contributed by atoms with Crippen molar-refractivity contribution >= 4 is 23.1 Å². The zero-order chi connectivity index (χ0) is 19.8. The van der Waals surface area contributed by atoms with Crippen LogP contribution in [0.3, 0.4) is 0 Å². The van der Waals surface area contributed by atoms with Gasteiger partial charge in [-0.25, -0.2) is 4.98 Å². The summed E-state index contributed by atoms with van der Waals surface area (Å²) in [5.41, 5.74) is 1.62. The summed E-state index contributed by atoms with van der Waals surface area (Å²) >= 11 is 1.24. The molecule has 2 aromatic rings. The highest BCUT2D eigenvalue weighted by atomic mass is 32.1. The van der Waals surface area contributed by atoms with Crippen molar-refractivity contribution < 1.29 is 23.8 Å². The minimum atomic E-state index is -1.01. The van der Waals surface area contributed by atoms with Gasteiger partial charge in [0.1, 0.15) is 5.01 Å². The second kappa shape index (κ2) is 9.69. The van der Waals surface area contributed by atoms with Crippen LogP contribution < -0.4 is 9.47 Å². The average molecular weight is 388 g/mol. The number of methoxy groups -OCH3 is 2. The van der Waals surface area contributed by atoms with Gasteiger partial charge in [0.15, 0.2) is 29.8 Å². The molecule has 0 radical (unpaired) electrons. The predicted molar refractivity (Wildman–Crippen MR) is 99.0 cm³/mol. The Hall–Kier alpha value is -2.92. The number of benzene rings is 1. The standard InChI is InChI=1S/C19H20N2O5S/c1-12-11-27-19(21-12)14(9-20)15(22)10-26-18(23)7-5-13-4-6-16(24-2)17(8-13)25-3/h4,6,8,11,14H,5,7,10H2,1-3H3/t14-/m1/s1. The zero-order valence-corrected chi connectivity index (χ0v) is 16.2. The van der Waals surface area contributed by atoms with Gasteiger partial charge in [0, 0.05) is 17.5 Å². The third-order valence-electron chi connectivity index (χ3n) is 3.78. The smallest absolute Gasteiger partial charge is 0.306 e. The zero-order valence-electron chi connectivity index (χ0n) is 15.4. The van der Waals surface area contributed by atoms with E-state index < -0.39 is 24.3 Å². The Morgan fingerprint density at radius 1 is 1.26 bits per heavy atom. The maximum atomic E-state index is 12.2. The number of thiazole rings is 1. The summed E-state index contributed by atoms with van der Waals surface area (Å²) in [6.45, 7) is 1.34. The number of aromatic nitrogens is 1. The lowest BCUT2D eigenvalue weighted by Gasteiger charge is -2.10. The Bertz CT molecular complexity index is 856. The van der Waals surface area contributed by atoms with Crippen molar-refractivity contribution in [3.63, 3.8) is 0 Å². The Labute approximate surface area is 161 Å². The molecule has 0 aliphatic carbocycles. The molecular formula is C19H20N2O5S. The van der Waals surface area contributed by atoms with Crippen LogP contribution in [0.1, 0.15) is 28.6 Å². The molecule has 0 bridgehead atoms. The highest BCUT2D eigenvalue weighted by molar-refractivity contribution is 7.09. The number of carbonyl (C=O) groups excluding carboxylic acids is 2. The van der Waals surface area contributed by atoms with Gasteiger partial charge in [-0.1, -0.05) is 6.07 Å². The highest BCUT2D eigenvalue weighted by Gasteiger charge is 2.24. The number of hydrogen-bond acceptors (Lipinski definition) is 8. The number of rotatable bonds is 9. The maximum Gasteiger partial charge on any atom is 0.306 e. The highest BCUT2D eigenvalue weighted by Crippen LogP contribution is 2.28. The van der Waals surface area contributed by atoms with Crippen molar-refractivity contribution in [2.45, 2.75) is 25.7 Å². The van der Waals surface area contributed by atoms with Crippen LogP contribution >= 0.6 is 11.3 Å². The third kappa shape index (κ3) is 5.53. The summed E-state index contributed by atoms with van der Waals surface area (Å²) in [7, 11) is 3.09. The van der Waals surface area contributed by atoms with Gasteiger partial charge in [-0.05, 0) is 31.0 Å². The molecule has 1 atom stereocenters. The third-order valence-corrected chi connectivity index (χ3v) is 4.80. The van der Waals surface area contributed by atoms with Crippen molar-refractivity contribution in [3.8, 4) is 17.6 Å². The lowest BCUT2D eigenvalue weighted by atomic mass is 10.1. The van der Waals surface area contributed by atoms with E-state index in [1.165, 1.54) is 18.4 Å². The fourth-order valence-electron chi connectivity index (χ4n) is 2.36. The van der Waals surface area contributed by atoms with Crippen molar-refractivity contribution in [2.24, 2.45) is 0 Å². The van der Waals surface area contributed by atoms with Crippen LogP contribution in [-0.2, 0) is 20.7 Å². The van der Waals surface area contributed by atoms with E-state index in [1.54, 1.807) is 31.5 Å². The van der Waals surface area contributed by atoms with Gasteiger partial charge in [0.25, 0.3) is 0 Å². The van der Waals surface area contributed by atoms with E-state index in [4.69, 9.17) is 14.2 Å². The van der Waals surface area contributed by atoms with Crippen LogP contribution in [0.15, 0.2) is 23.6 Å². The second-order valence-corrected chi connectivity index (χ2v) is 6.60. The van der Waals surface area contributed by atoms with Crippen LogP contribution in [0.5, 0.6) is 11.5 Å². The van der Waals surface area contributed by atoms with E-state index in [1.807, 2.05) is 12.1 Å². The van der Waals surface area contributed by atoms with Crippen molar-refractivity contribution in [3.05, 3.63) is 39.8 Å². The largest absolute Gasteiger partial charge is 0.493 e. The molecule has 2 rings (SSSR count). The Balaban J connectivity index is 1.85. The minimum absolute atomic E-state index is 0.107. The molecule has 27 heavy (non-hydrogen) atoms. The minimum Gasteiger partial charge on any atom is -0.493 e. The summed E-state index contributed by atoms with van der Waals surface area (Å²) in [5, 5.41) is 11.4. The van der Waals surface area contributed by atoms with Gasteiger partial charge in [-0.3, -0.25) is 9.59 Å². The quantitative estimate of drug-likeness (QED) is 0.609. The first kappa shape index (κ1) is 20.4. The summed E-state index contributed by atoms with van der Waals surface area (Å²) in [6, 6.07) is 7.29. The number of hydrogen-bond donors (Lipinski definition) is 0. The predicted octanol–water partition coefficient (Wildman–Crippen LogP) is 2.82. The molecule has 0 spiro atoms. The number of nitriles is 1. The van der Waals surface area contributed by atoms with E-state index in [2.05, 4.69) is 4.98 Å². The van der Waals surface area contributed by atoms with Gasteiger partial charge < -0.3 is 14.2 Å². The Morgan fingerprint density at radius 2 is 2.00 bits per heavy atom. The summed E-state index contributed by atoms with van der Waals surface area (Å²) in [6.07, 6.45) is 0.539. The molecule has 0 saturated carbocycles. The van der Waals surface area contributed by atoms with Gasteiger partial charge >= 0.3 is 5.97 Å². The lowest BCUT2D eigenvalue weighted by molar-refractivity contribution is -0.148. The summed E-state index contributed by atoms with van der Waals surface area (Å²) in [5.74, 6) is -0.817. The monoisotopic (exact) mass is 388 g/mol. The number of nitrogens with zero attached hydrogens (tertiary/aromatic N) is 2. The number of carbonyl (C=O) groups is 2. The molecule has 142 valence electrons. The molecule has 0 N–H and O–H groups in total. The first-order valence-electron chi connectivity index (χ1n) is 8.19. The van der Waals surface area contributed by atoms with E-state index >= 15 is 0 Å². The number of Topliss-reactive ketones (excluding diaryl/α,β-unsaturated/α-hetero) is 1. The molecule has 1 aromatic heterocycles. The first-order chi connectivity index (χ1) is 13.0. The topological polar surface area (TPSA) is 98.5 Å². The number of ketones is 1. The lowest BCUT2D eigenvalue weighted by Crippen LogP contribution is -2.20. The summed E-state index contributed by atoms with van der Waals surface area (Å²) < 4.78 is 15.4. The van der Waals surface area contributed by atoms with Crippen molar-refractivity contribution in [1.29, 1.82) is 5.26 Å². The van der Waals surface area contributed by atoms with Crippen LogP contribution in [-0.4, -0.2) is 37.6 Å². The molecule has 0 fully saturated rings. The average Bonchev–Trinajstić information content (AvgIpc) is 3.10. The normalized spacial score (nSPS) is 11.3. The molecule has 7 nitrogen and oxygen atoms in total. The second-order valence-electron chi connectivity index (χ2n) is 5.71. The Kier molecular flexibility index (Phi) is 7.32. The molecular weight excluding hydrogens is 368 g/mol. The number of esters is 1. The van der Waals surface area contributed by atoms with Gasteiger partial charge in [0.05, 0.1) is 20.3 Å². The SMILES string of the molecule is COc1ccc(CCC(=O)OCC(=O)[C@@H](C#N)c2nc(C)cs2)cc1OC. The maximum absolute atomic E-state index is 12.2. The van der Waals surface area contributed by atoms with Gasteiger partial charge in [0.2, 0.25) is 0 Å². The molecule has 8 heteroatoms. The number of aryl methyl sites for hydroxylation is 2. The van der Waals surface area contributed by atoms with Crippen LogP contribution in [0, 0.1) is 18.3 Å². The van der Waals surface area contributed by atoms with Crippen molar-refractivity contribution in [2.75, 3.05) is 20.8 Å². The molecule has 1 aromatic carbocycles. The molecule has 1 heterocycles. The van der Waals surface area contributed by atoms with Crippen LogP contribution in [0.25, 0.3) is 0 Å². The van der Waals surface area contributed by atoms with E-state index in [0.717, 1.165) is 11.3 Å². The molecule has 0 saturated heterocycles. The fourth-order valence-corrected chi connectivity index (χ4v) is 3.22. The van der Waals surface area contributed by atoms with E-state index in [-0.39, 0.29) is 6.42 Å². The van der Waals surface area contributed by atoms with Gasteiger partial charge in [-0.2, -0.15) is 5.26 Å². The first-order valence-corrected chi connectivity index (χ1v) is 9.07. The van der Waals surface area contributed by atoms with Crippen LogP contribution in [0.2, 0.25) is 0 Å². The fraction of sp³-hybridized carbons (Fsp3) is 0.368. The summed E-state index contributed by atoms with van der Waals surface area (Å²) in [4.78, 5) is 28.2. The van der Waals surface area contributed by atoms with Gasteiger partial charge in [-0.15, -0.1) is 11.3 Å². The number of ether oxygens (including phenoxy) is 3. The Morgan fingerprint density at radius 3 is 2.59 bits per heavy atom. The molecule has 0 amide bonds.